The molecule has 1 aromatic rings. The van der Waals surface area contributed by atoms with Crippen molar-refractivity contribution in [3.05, 3.63) is 18.0 Å². The summed E-state index contributed by atoms with van der Waals surface area (Å²) in [5.74, 6) is -1.31. The van der Waals surface area contributed by atoms with Crippen LogP contribution in [0.5, 0.6) is 0 Å². The van der Waals surface area contributed by atoms with Crippen molar-refractivity contribution in [2.45, 2.75) is 12.8 Å². The first-order valence-electron chi connectivity index (χ1n) is 2.93. The molecule has 0 unspecified atom stereocenters. The number of aliphatic carboxylic acids is 1. The second kappa shape index (κ2) is 2.51. The Morgan fingerprint density at radius 1 is 1.90 bits per heavy atom. The van der Waals surface area contributed by atoms with Crippen molar-refractivity contribution >= 4 is 5.97 Å². The summed E-state index contributed by atoms with van der Waals surface area (Å²) < 4.78 is 0. The van der Waals surface area contributed by atoms with Crippen LogP contribution in [0, 0.1) is 0 Å². The summed E-state index contributed by atoms with van der Waals surface area (Å²) in [6.07, 6.45) is 3.09. The number of rotatable bonds is 2. The van der Waals surface area contributed by atoms with Gasteiger partial charge in [-0.25, -0.2) is 0 Å². The number of nitrogens with one attached hydrogen (secondary N) is 1. The predicted octanol–water partition coefficient (Wildman–Crippen LogP) is 0.598. The number of nitrogens with zero attached hydrogens (tertiary/aromatic N) is 1. The minimum Gasteiger partial charge on any atom is -0.481 e. The van der Waals surface area contributed by atoms with Crippen LogP contribution in [0.2, 0.25) is 0 Å². The van der Waals surface area contributed by atoms with Crippen LogP contribution in [-0.4, -0.2) is 21.3 Å². The molecule has 4 heteroatoms. The van der Waals surface area contributed by atoms with Gasteiger partial charge in [0.2, 0.25) is 0 Å². The van der Waals surface area contributed by atoms with Gasteiger partial charge in [-0.1, -0.05) is 0 Å². The quantitative estimate of drug-likeness (QED) is 0.632. The maximum Gasteiger partial charge on any atom is 0.310 e. The second-order valence-electron chi connectivity index (χ2n) is 2.09. The third-order valence-electron chi connectivity index (χ3n) is 1.39. The Kier molecular flexibility index (Phi) is 1.71. The van der Waals surface area contributed by atoms with Crippen molar-refractivity contribution < 1.29 is 9.90 Å². The zero-order valence-corrected chi connectivity index (χ0v) is 5.53. The molecule has 0 fully saturated rings. The van der Waals surface area contributed by atoms with E-state index in [1.807, 2.05) is 0 Å². The third kappa shape index (κ3) is 1.15. The van der Waals surface area contributed by atoms with Gasteiger partial charge in [0.15, 0.2) is 0 Å². The van der Waals surface area contributed by atoms with Gasteiger partial charge in [-0.3, -0.25) is 9.89 Å². The van der Waals surface area contributed by atoms with Gasteiger partial charge in [-0.15, -0.1) is 0 Å². The van der Waals surface area contributed by atoms with Gasteiger partial charge in [-0.2, -0.15) is 5.10 Å². The van der Waals surface area contributed by atoms with Gasteiger partial charge >= 0.3 is 5.97 Å². The van der Waals surface area contributed by atoms with Gasteiger partial charge in [0.05, 0.1) is 12.1 Å². The Balaban J connectivity index is 2.77. The average molecular weight is 140 g/mol. The summed E-state index contributed by atoms with van der Waals surface area (Å²) in [6, 6.07) is 0. The fourth-order valence-electron chi connectivity index (χ4n) is 0.640. The molecule has 1 rings (SSSR count). The van der Waals surface area contributed by atoms with Crippen LogP contribution in [0.4, 0.5) is 0 Å². The van der Waals surface area contributed by atoms with Crippen LogP contribution in [0.15, 0.2) is 12.4 Å². The SMILES string of the molecule is C[C@@H](C(=O)O)c1cn[nH]c1. The lowest BCUT2D eigenvalue weighted by Gasteiger charge is -1.99. The molecule has 1 aromatic heterocycles. The highest BCUT2D eigenvalue weighted by Gasteiger charge is 2.13. The van der Waals surface area contributed by atoms with Crippen molar-refractivity contribution in [2.75, 3.05) is 0 Å². The number of carbonyl (C=O) groups is 1. The zero-order chi connectivity index (χ0) is 7.56. The first kappa shape index (κ1) is 6.80. The molecular formula is C6H8N2O2. The van der Waals surface area contributed by atoms with E-state index in [0.29, 0.717) is 5.56 Å². The fraction of sp³-hybridized carbons (Fsp3) is 0.333. The minimum absolute atomic E-state index is 0.473. The lowest BCUT2D eigenvalue weighted by atomic mass is 10.1. The Morgan fingerprint density at radius 3 is 3.00 bits per heavy atom. The first-order valence-corrected chi connectivity index (χ1v) is 2.93. The number of aromatic nitrogens is 2. The number of aromatic amines is 1. The molecule has 1 heterocycles. The molecule has 1 atom stereocenters. The Morgan fingerprint density at radius 2 is 2.60 bits per heavy atom. The van der Waals surface area contributed by atoms with Gasteiger partial charge in [0, 0.05) is 11.8 Å². The molecule has 0 aromatic carbocycles. The van der Waals surface area contributed by atoms with Crippen molar-refractivity contribution in [3.63, 3.8) is 0 Å². The molecular weight excluding hydrogens is 132 g/mol. The lowest BCUT2D eigenvalue weighted by molar-refractivity contribution is -0.138. The van der Waals surface area contributed by atoms with E-state index in [1.54, 1.807) is 13.1 Å². The topological polar surface area (TPSA) is 66.0 Å². The summed E-state index contributed by atoms with van der Waals surface area (Å²) in [5, 5.41) is 14.7. The van der Waals surface area contributed by atoms with Crippen molar-refractivity contribution in [1.29, 1.82) is 0 Å². The van der Waals surface area contributed by atoms with E-state index in [9.17, 15) is 4.79 Å². The van der Waals surface area contributed by atoms with E-state index >= 15 is 0 Å². The molecule has 10 heavy (non-hydrogen) atoms. The summed E-state index contributed by atoms with van der Waals surface area (Å²) >= 11 is 0. The van der Waals surface area contributed by atoms with Crippen LogP contribution in [-0.2, 0) is 4.79 Å². The van der Waals surface area contributed by atoms with E-state index in [-0.39, 0.29) is 0 Å². The number of hydrogen-bond acceptors (Lipinski definition) is 2. The maximum absolute atomic E-state index is 10.4. The van der Waals surface area contributed by atoms with Gasteiger partial charge in [0.1, 0.15) is 0 Å². The molecule has 4 nitrogen and oxygen atoms in total. The van der Waals surface area contributed by atoms with Crippen LogP contribution in [0.25, 0.3) is 0 Å². The monoisotopic (exact) mass is 140 g/mol. The molecule has 0 bridgehead atoms. The van der Waals surface area contributed by atoms with Crippen LogP contribution < -0.4 is 0 Å². The minimum atomic E-state index is -0.832. The highest BCUT2D eigenvalue weighted by atomic mass is 16.4. The van der Waals surface area contributed by atoms with E-state index < -0.39 is 11.9 Å². The van der Waals surface area contributed by atoms with Crippen molar-refractivity contribution in [1.82, 2.24) is 10.2 Å². The highest BCUT2D eigenvalue weighted by Crippen LogP contribution is 2.11. The Labute approximate surface area is 57.9 Å². The molecule has 0 saturated carbocycles. The molecule has 0 radical (unpaired) electrons. The van der Waals surface area contributed by atoms with Gasteiger partial charge in [0.25, 0.3) is 0 Å². The molecule has 0 aliphatic carbocycles. The standard InChI is InChI=1S/C6H8N2O2/c1-4(6(9)10)5-2-7-8-3-5/h2-4H,1H3,(H,7,8)(H,9,10)/t4-/m1/s1. The lowest BCUT2D eigenvalue weighted by Crippen LogP contribution is -2.05. The summed E-state index contributed by atoms with van der Waals surface area (Å²) in [6.45, 7) is 1.62. The highest BCUT2D eigenvalue weighted by molar-refractivity contribution is 5.75. The molecule has 0 amide bonds. The predicted molar refractivity (Wildman–Crippen MR) is 34.6 cm³/mol. The molecule has 0 aliphatic heterocycles. The van der Waals surface area contributed by atoms with Gasteiger partial charge in [-0.05, 0) is 6.92 Å². The van der Waals surface area contributed by atoms with Crippen LogP contribution in [0.1, 0.15) is 18.4 Å². The van der Waals surface area contributed by atoms with Gasteiger partial charge < -0.3 is 5.11 Å². The molecule has 0 spiro atoms. The zero-order valence-electron chi connectivity index (χ0n) is 5.53. The number of carboxylic acids is 1. The number of H-pyrrole nitrogens is 1. The maximum atomic E-state index is 10.4. The molecule has 2 N–H and O–H groups in total. The number of carboxylic acid groups (broad SMARTS) is 1. The largest absolute Gasteiger partial charge is 0.481 e. The molecule has 54 valence electrons. The van der Waals surface area contributed by atoms with E-state index in [2.05, 4.69) is 10.2 Å². The van der Waals surface area contributed by atoms with Crippen LogP contribution in [0.3, 0.4) is 0 Å². The van der Waals surface area contributed by atoms with E-state index in [1.165, 1.54) is 6.20 Å². The summed E-state index contributed by atoms with van der Waals surface area (Å²) in [5.41, 5.74) is 0.701. The molecule has 0 aliphatic rings. The fourth-order valence-corrected chi connectivity index (χ4v) is 0.640. The normalized spacial score (nSPS) is 12.9. The number of hydrogen-bond donors (Lipinski definition) is 2. The Hall–Kier alpha value is -1.32. The smallest absolute Gasteiger partial charge is 0.310 e. The van der Waals surface area contributed by atoms with Crippen LogP contribution >= 0.6 is 0 Å². The first-order chi connectivity index (χ1) is 4.72. The third-order valence-corrected chi connectivity index (χ3v) is 1.39. The summed E-state index contributed by atoms with van der Waals surface area (Å²) in [4.78, 5) is 10.4. The summed E-state index contributed by atoms with van der Waals surface area (Å²) in [7, 11) is 0. The van der Waals surface area contributed by atoms with E-state index in [4.69, 9.17) is 5.11 Å². The van der Waals surface area contributed by atoms with Crippen molar-refractivity contribution in [2.24, 2.45) is 0 Å². The van der Waals surface area contributed by atoms with E-state index in [0.717, 1.165) is 0 Å². The molecule has 0 saturated heterocycles. The Bertz CT molecular complexity index is 218. The van der Waals surface area contributed by atoms with Crippen molar-refractivity contribution in [3.8, 4) is 0 Å². The second-order valence-corrected chi connectivity index (χ2v) is 2.09. The average Bonchev–Trinajstić information content (AvgIpc) is 2.36.